The summed E-state index contributed by atoms with van der Waals surface area (Å²) in [6.45, 7) is 1.94. The minimum absolute atomic E-state index is 0.401. The van der Waals surface area contributed by atoms with Gasteiger partial charge in [0, 0.05) is 17.5 Å². The fraction of sp³-hybridized carbons (Fsp3) is 0.250. The number of para-hydroxylation sites is 1. The zero-order valence-electron chi connectivity index (χ0n) is 10.3. The monoisotopic (exact) mass is 298 g/mol. The number of benzene rings is 1. The third-order valence-corrected chi connectivity index (χ3v) is 4.04. The van der Waals surface area contributed by atoms with Crippen molar-refractivity contribution in [1.29, 1.82) is 0 Å². The van der Waals surface area contributed by atoms with E-state index in [-0.39, 0.29) is 0 Å². The maximum Gasteiger partial charge on any atom is 0.357 e. The topological polar surface area (TPSA) is 79.3 Å². The molecule has 7 heteroatoms. The molecule has 2 N–H and O–H groups in total. The molecule has 0 fully saturated rings. The zero-order chi connectivity index (χ0) is 13.9. The van der Waals surface area contributed by atoms with Crippen LogP contribution < -0.4 is 4.72 Å². The number of hydrogen-bond donors (Lipinski definition) is 2. The molecule has 0 atom stereocenters. The molecule has 1 heterocycles. The summed E-state index contributed by atoms with van der Waals surface area (Å²) in [4.78, 5) is 4.36. The van der Waals surface area contributed by atoms with Crippen molar-refractivity contribution >= 4 is 27.3 Å². The van der Waals surface area contributed by atoms with Crippen molar-refractivity contribution in [3.8, 4) is 0 Å². The van der Waals surface area contributed by atoms with E-state index in [2.05, 4.69) is 9.71 Å². The summed E-state index contributed by atoms with van der Waals surface area (Å²) in [7, 11) is -4.24. The first kappa shape index (κ1) is 14.0. The van der Waals surface area contributed by atoms with E-state index in [9.17, 15) is 8.42 Å². The van der Waals surface area contributed by atoms with E-state index in [0.717, 1.165) is 22.7 Å². The Bertz CT molecular complexity index is 665. The van der Waals surface area contributed by atoms with Crippen LogP contribution >= 0.6 is 11.3 Å². The van der Waals surface area contributed by atoms with Crippen LogP contribution in [-0.4, -0.2) is 18.0 Å². The van der Waals surface area contributed by atoms with Crippen LogP contribution in [0.15, 0.2) is 29.6 Å². The third kappa shape index (κ3) is 4.30. The molecular formula is C12H14N2O3S2. The van der Waals surface area contributed by atoms with Gasteiger partial charge in [0.25, 0.3) is 0 Å². The second kappa shape index (κ2) is 5.68. The molecule has 2 aromatic rings. The second-order valence-corrected chi connectivity index (χ2v) is 6.21. The molecule has 19 heavy (non-hydrogen) atoms. The third-order valence-electron chi connectivity index (χ3n) is 2.53. The SMILES string of the molecule is Cc1csc(CCc2ccccc2NS(=O)(=O)O)n1. The quantitative estimate of drug-likeness (QED) is 0.831. The van der Waals surface area contributed by atoms with Crippen LogP contribution in [0.4, 0.5) is 5.69 Å². The number of aromatic nitrogens is 1. The fourth-order valence-electron chi connectivity index (χ4n) is 1.74. The van der Waals surface area contributed by atoms with Gasteiger partial charge >= 0.3 is 10.3 Å². The van der Waals surface area contributed by atoms with Crippen molar-refractivity contribution in [3.05, 3.63) is 45.9 Å². The first-order valence-electron chi connectivity index (χ1n) is 5.68. The van der Waals surface area contributed by atoms with Gasteiger partial charge in [0.1, 0.15) is 0 Å². The summed E-state index contributed by atoms with van der Waals surface area (Å²) in [6, 6.07) is 6.99. The van der Waals surface area contributed by atoms with Gasteiger partial charge in [0.2, 0.25) is 0 Å². The smallest absolute Gasteiger partial charge is 0.269 e. The Morgan fingerprint density at radius 1 is 1.32 bits per heavy atom. The summed E-state index contributed by atoms with van der Waals surface area (Å²) < 4.78 is 32.7. The van der Waals surface area contributed by atoms with Crippen molar-refractivity contribution in [2.24, 2.45) is 0 Å². The molecule has 2 rings (SSSR count). The molecular weight excluding hydrogens is 284 g/mol. The maximum absolute atomic E-state index is 10.9. The summed E-state index contributed by atoms with van der Waals surface area (Å²) in [5, 5.41) is 3.00. The molecule has 102 valence electrons. The lowest BCUT2D eigenvalue weighted by Crippen LogP contribution is -2.12. The normalized spacial score (nSPS) is 11.5. The van der Waals surface area contributed by atoms with Crippen molar-refractivity contribution in [2.75, 3.05) is 4.72 Å². The van der Waals surface area contributed by atoms with Gasteiger partial charge in [-0.25, -0.2) is 4.98 Å². The van der Waals surface area contributed by atoms with E-state index in [1.54, 1.807) is 23.5 Å². The molecule has 0 spiro atoms. The first-order chi connectivity index (χ1) is 8.94. The fourth-order valence-corrected chi connectivity index (χ4v) is 2.99. The van der Waals surface area contributed by atoms with Crippen LogP contribution in [0.5, 0.6) is 0 Å². The number of aryl methyl sites for hydroxylation is 3. The molecule has 0 aliphatic heterocycles. The number of anilines is 1. The molecule has 0 bridgehead atoms. The number of hydrogen-bond acceptors (Lipinski definition) is 4. The highest BCUT2D eigenvalue weighted by molar-refractivity contribution is 7.87. The molecule has 1 aromatic carbocycles. The summed E-state index contributed by atoms with van der Waals surface area (Å²) in [5.41, 5.74) is 2.22. The molecule has 0 aliphatic carbocycles. The highest BCUT2D eigenvalue weighted by Gasteiger charge is 2.09. The Labute approximate surface area is 116 Å². The predicted molar refractivity (Wildman–Crippen MR) is 75.9 cm³/mol. The Morgan fingerprint density at radius 3 is 2.68 bits per heavy atom. The van der Waals surface area contributed by atoms with Crippen LogP contribution in [0.2, 0.25) is 0 Å². The molecule has 0 saturated heterocycles. The van der Waals surface area contributed by atoms with E-state index in [1.807, 2.05) is 24.4 Å². The summed E-state index contributed by atoms with van der Waals surface area (Å²) in [5.74, 6) is 0. The largest absolute Gasteiger partial charge is 0.357 e. The first-order valence-corrected chi connectivity index (χ1v) is 8.00. The summed E-state index contributed by atoms with van der Waals surface area (Å²) >= 11 is 1.59. The highest BCUT2D eigenvalue weighted by Crippen LogP contribution is 2.19. The van der Waals surface area contributed by atoms with E-state index in [0.29, 0.717) is 12.1 Å². The Morgan fingerprint density at radius 2 is 2.05 bits per heavy atom. The van der Waals surface area contributed by atoms with Crippen LogP contribution in [0, 0.1) is 6.92 Å². The van der Waals surface area contributed by atoms with Gasteiger partial charge in [-0.3, -0.25) is 9.27 Å². The van der Waals surface area contributed by atoms with Crippen LogP contribution in [0.1, 0.15) is 16.3 Å². The minimum atomic E-state index is -4.24. The van der Waals surface area contributed by atoms with E-state index >= 15 is 0 Å². The van der Waals surface area contributed by atoms with Crippen molar-refractivity contribution in [3.63, 3.8) is 0 Å². The van der Waals surface area contributed by atoms with Gasteiger partial charge in [0.05, 0.1) is 10.7 Å². The van der Waals surface area contributed by atoms with E-state index in [4.69, 9.17) is 4.55 Å². The van der Waals surface area contributed by atoms with Crippen molar-refractivity contribution in [2.45, 2.75) is 19.8 Å². The molecule has 0 aliphatic rings. The highest BCUT2D eigenvalue weighted by atomic mass is 32.2. The molecule has 1 aromatic heterocycles. The van der Waals surface area contributed by atoms with E-state index in [1.165, 1.54) is 0 Å². The second-order valence-electron chi connectivity index (χ2n) is 4.12. The summed E-state index contributed by atoms with van der Waals surface area (Å²) in [6.07, 6.45) is 1.40. The van der Waals surface area contributed by atoms with Crippen LogP contribution in [0.25, 0.3) is 0 Å². The van der Waals surface area contributed by atoms with Gasteiger partial charge in [-0.2, -0.15) is 8.42 Å². The van der Waals surface area contributed by atoms with Gasteiger partial charge in [-0.1, -0.05) is 18.2 Å². The van der Waals surface area contributed by atoms with Crippen molar-refractivity contribution < 1.29 is 13.0 Å². The average molecular weight is 298 g/mol. The zero-order valence-corrected chi connectivity index (χ0v) is 12.0. The average Bonchev–Trinajstić information content (AvgIpc) is 2.72. The maximum atomic E-state index is 10.9. The Kier molecular flexibility index (Phi) is 4.18. The molecule has 0 radical (unpaired) electrons. The van der Waals surface area contributed by atoms with Crippen LogP contribution in [0.3, 0.4) is 0 Å². The number of nitrogens with one attached hydrogen (secondary N) is 1. The lowest BCUT2D eigenvalue weighted by atomic mass is 10.1. The standard InChI is InChI=1S/C12H14N2O3S2/c1-9-8-18-12(13-9)7-6-10-4-2-3-5-11(10)14-19(15,16)17/h2-5,8,14H,6-7H2,1H3,(H,15,16,17). The lowest BCUT2D eigenvalue weighted by molar-refractivity contribution is 0.489. The minimum Gasteiger partial charge on any atom is -0.269 e. The van der Waals surface area contributed by atoms with Crippen molar-refractivity contribution in [1.82, 2.24) is 4.98 Å². The van der Waals surface area contributed by atoms with Gasteiger partial charge in [-0.05, 0) is 25.0 Å². The Hall–Kier alpha value is -1.44. The van der Waals surface area contributed by atoms with Gasteiger partial charge in [-0.15, -0.1) is 11.3 Å². The van der Waals surface area contributed by atoms with E-state index < -0.39 is 10.3 Å². The predicted octanol–water partition coefficient (Wildman–Crippen LogP) is 2.45. The van der Waals surface area contributed by atoms with Crippen LogP contribution in [-0.2, 0) is 23.1 Å². The molecule has 0 amide bonds. The molecule has 5 nitrogen and oxygen atoms in total. The number of nitrogens with zero attached hydrogens (tertiary/aromatic N) is 1. The lowest BCUT2D eigenvalue weighted by Gasteiger charge is -2.08. The van der Waals surface area contributed by atoms with Gasteiger partial charge < -0.3 is 0 Å². The molecule has 0 unspecified atom stereocenters. The molecule has 0 saturated carbocycles. The number of thiazole rings is 1. The number of rotatable bonds is 5. The Balaban J connectivity index is 2.11. The van der Waals surface area contributed by atoms with Gasteiger partial charge in [0.15, 0.2) is 0 Å².